The number of benzene rings is 1. The number of alkyl halides is 1. The van der Waals surface area contributed by atoms with Gasteiger partial charge >= 0.3 is 0 Å². The van der Waals surface area contributed by atoms with Crippen molar-refractivity contribution in [2.24, 2.45) is 0 Å². The number of rotatable bonds is 5. The molecule has 0 aliphatic carbocycles. The molecule has 1 rings (SSSR count). The standard InChI is InChI=1S/C10H10BrFN2O3/c11-4-1-5-13-10(15)8-6-7(12)2-3-9(8)14(16)17/h2-3,6H,1,4-5H2,(H,13,15). The largest absolute Gasteiger partial charge is 0.352 e. The van der Waals surface area contributed by atoms with E-state index in [-0.39, 0.29) is 5.56 Å². The zero-order valence-electron chi connectivity index (χ0n) is 8.78. The van der Waals surface area contributed by atoms with E-state index >= 15 is 0 Å². The molecule has 0 bridgehead atoms. The van der Waals surface area contributed by atoms with Crippen LogP contribution >= 0.6 is 15.9 Å². The highest BCUT2D eigenvalue weighted by molar-refractivity contribution is 9.09. The molecular weight excluding hydrogens is 295 g/mol. The number of halogens is 2. The van der Waals surface area contributed by atoms with Crippen LogP contribution in [0.1, 0.15) is 16.8 Å². The summed E-state index contributed by atoms with van der Waals surface area (Å²) >= 11 is 3.19. The number of nitro benzene ring substituents is 1. The van der Waals surface area contributed by atoms with Gasteiger partial charge in [0.25, 0.3) is 11.6 Å². The normalized spacial score (nSPS) is 10.0. The van der Waals surface area contributed by atoms with Gasteiger partial charge in [-0.15, -0.1) is 0 Å². The van der Waals surface area contributed by atoms with Crippen LogP contribution in [-0.4, -0.2) is 22.7 Å². The second-order valence-corrected chi connectivity index (χ2v) is 4.01. The highest BCUT2D eigenvalue weighted by atomic mass is 79.9. The van der Waals surface area contributed by atoms with Crippen LogP contribution < -0.4 is 5.32 Å². The van der Waals surface area contributed by atoms with Crippen molar-refractivity contribution in [3.8, 4) is 0 Å². The van der Waals surface area contributed by atoms with Gasteiger partial charge in [-0.05, 0) is 18.6 Å². The van der Waals surface area contributed by atoms with Gasteiger partial charge in [0, 0.05) is 17.9 Å². The molecule has 0 aliphatic heterocycles. The maximum absolute atomic E-state index is 12.9. The quantitative estimate of drug-likeness (QED) is 0.392. The van der Waals surface area contributed by atoms with Crippen LogP contribution in [0.2, 0.25) is 0 Å². The Balaban J connectivity index is 2.90. The van der Waals surface area contributed by atoms with Crippen LogP contribution in [0.5, 0.6) is 0 Å². The number of nitrogens with zero attached hydrogens (tertiary/aromatic N) is 1. The fraction of sp³-hybridized carbons (Fsp3) is 0.300. The van der Waals surface area contributed by atoms with Crippen LogP contribution in [0, 0.1) is 15.9 Å². The van der Waals surface area contributed by atoms with Gasteiger partial charge in [-0.2, -0.15) is 0 Å². The van der Waals surface area contributed by atoms with Gasteiger partial charge in [0.1, 0.15) is 11.4 Å². The molecule has 1 aromatic carbocycles. The molecule has 1 N–H and O–H groups in total. The van der Waals surface area contributed by atoms with Gasteiger partial charge in [0.15, 0.2) is 0 Å². The summed E-state index contributed by atoms with van der Waals surface area (Å²) < 4.78 is 12.9. The first-order valence-electron chi connectivity index (χ1n) is 4.84. The van der Waals surface area contributed by atoms with E-state index in [0.717, 1.165) is 18.2 Å². The average molecular weight is 305 g/mol. The first-order valence-corrected chi connectivity index (χ1v) is 5.96. The Morgan fingerprint density at radius 3 is 2.82 bits per heavy atom. The lowest BCUT2D eigenvalue weighted by atomic mass is 10.1. The molecule has 0 saturated carbocycles. The summed E-state index contributed by atoms with van der Waals surface area (Å²) in [6, 6.07) is 2.80. The van der Waals surface area contributed by atoms with E-state index in [1.165, 1.54) is 0 Å². The fourth-order valence-electron chi connectivity index (χ4n) is 1.21. The van der Waals surface area contributed by atoms with E-state index in [0.29, 0.717) is 18.3 Å². The van der Waals surface area contributed by atoms with E-state index in [1.807, 2.05) is 0 Å². The molecule has 1 amide bonds. The number of nitrogens with one attached hydrogen (secondary N) is 1. The smallest absolute Gasteiger partial charge is 0.282 e. The number of amides is 1. The summed E-state index contributed by atoms with van der Waals surface area (Å²) in [6.07, 6.45) is 0.689. The van der Waals surface area contributed by atoms with Crippen molar-refractivity contribution in [3.05, 3.63) is 39.7 Å². The van der Waals surface area contributed by atoms with E-state index in [1.54, 1.807) is 0 Å². The molecule has 0 aliphatic rings. The maximum Gasteiger partial charge on any atom is 0.282 e. The minimum atomic E-state index is -0.709. The molecule has 92 valence electrons. The van der Waals surface area contributed by atoms with Crippen molar-refractivity contribution in [1.29, 1.82) is 0 Å². The molecule has 0 heterocycles. The molecule has 0 fully saturated rings. The second kappa shape index (κ2) is 6.29. The van der Waals surface area contributed by atoms with Gasteiger partial charge in [0.05, 0.1) is 4.92 Å². The number of hydrogen-bond donors (Lipinski definition) is 1. The summed E-state index contributed by atoms with van der Waals surface area (Å²) in [7, 11) is 0. The minimum Gasteiger partial charge on any atom is -0.352 e. The molecule has 0 aromatic heterocycles. The molecule has 5 nitrogen and oxygen atoms in total. The monoisotopic (exact) mass is 304 g/mol. The van der Waals surface area contributed by atoms with Crippen molar-refractivity contribution in [2.45, 2.75) is 6.42 Å². The van der Waals surface area contributed by atoms with Crippen molar-refractivity contribution in [2.75, 3.05) is 11.9 Å². The minimum absolute atomic E-state index is 0.260. The van der Waals surface area contributed by atoms with Gasteiger partial charge in [-0.25, -0.2) is 4.39 Å². The van der Waals surface area contributed by atoms with Crippen LogP contribution in [0.3, 0.4) is 0 Å². The molecule has 0 atom stereocenters. The summed E-state index contributed by atoms with van der Waals surface area (Å²) in [4.78, 5) is 21.6. The highest BCUT2D eigenvalue weighted by Gasteiger charge is 2.20. The van der Waals surface area contributed by atoms with Crippen LogP contribution in [-0.2, 0) is 0 Å². The van der Waals surface area contributed by atoms with Gasteiger partial charge < -0.3 is 5.32 Å². The van der Waals surface area contributed by atoms with Crippen LogP contribution in [0.25, 0.3) is 0 Å². The third-order valence-corrected chi connectivity index (χ3v) is 2.56. The number of carbonyl (C=O) groups excluding carboxylic acids is 1. The first kappa shape index (κ1) is 13.6. The van der Waals surface area contributed by atoms with E-state index in [2.05, 4.69) is 21.2 Å². The Kier molecular flexibility index (Phi) is 5.02. The Hall–Kier alpha value is -1.50. The fourth-order valence-corrected chi connectivity index (χ4v) is 1.49. The molecule has 1 aromatic rings. The van der Waals surface area contributed by atoms with E-state index in [4.69, 9.17) is 0 Å². The maximum atomic E-state index is 12.9. The first-order chi connectivity index (χ1) is 8.06. The Labute approximate surface area is 105 Å². The predicted molar refractivity (Wildman–Crippen MR) is 63.8 cm³/mol. The number of hydrogen-bond acceptors (Lipinski definition) is 3. The van der Waals surface area contributed by atoms with Crippen LogP contribution in [0.15, 0.2) is 18.2 Å². The molecule has 17 heavy (non-hydrogen) atoms. The van der Waals surface area contributed by atoms with Crippen molar-refractivity contribution in [3.63, 3.8) is 0 Å². The molecule has 0 spiro atoms. The van der Waals surface area contributed by atoms with Crippen molar-refractivity contribution >= 4 is 27.5 Å². The molecule has 0 saturated heterocycles. The highest BCUT2D eigenvalue weighted by Crippen LogP contribution is 2.19. The molecule has 7 heteroatoms. The molecule has 0 radical (unpaired) electrons. The van der Waals surface area contributed by atoms with E-state index in [9.17, 15) is 19.3 Å². The lowest BCUT2D eigenvalue weighted by molar-refractivity contribution is -0.385. The lowest BCUT2D eigenvalue weighted by Gasteiger charge is -2.04. The Bertz CT molecular complexity index is 440. The summed E-state index contributed by atoms with van der Waals surface area (Å²) in [5.74, 6) is -1.32. The summed E-state index contributed by atoms with van der Waals surface area (Å²) in [5.41, 5.74) is -0.660. The van der Waals surface area contributed by atoms with Crippen molar-refractivity contribution < 1.29 is 14.1 Å². The Morgan fingerprint density at radius 2 is 2.24 bits per heavy atom. The third kappa shape index (κ3) is 3.77. The zero-order valence-corrected chi connectivity index (χ0v) is 10.4. The van der Waals surface area contributed by atoms with Gasteiger partial charge in [0.2, 0.25) is 0 Å². The van der Waals surface area contributed by atoms with Crippen molar-refractivity contribution in [1.82, 2.24) is 5.32 Å². The van der Waals surface area contributed by atoms with Gasteiger partial charge in [-0.3, -0.25) is 14.9 Å². The topological polar surface area (TPSA) is 72.2 Å². The average Bonchev–Trinajstić information content (AvgIpc) is 2.28. The summed E-state index contributed by atoms with van der Waals surface area (Å²) in [6.45, 7) is 0.373. The lowest BCUT2D eigenvalue weighted by Crippen LogP contribution is -2.25. The zero-order chi connectivity index (χ0) is 12.8. The second-order valence-electron chi connectivity index (χ2n) is 3.22. The molecular formula is C10H10BrFN2O3. The van der Waals surface area contributed by atoms with Gasteiger partial charge in [-0.1, -0.05) is 15.9 Å². The number of nitro groups is 1. The SMILES string of the molecule is O=C(NCCCBr)c1cc(F)ccc1[N+](=O)[O-]. The Morgan fingerprint density at radius 1 is 1.53 bits per heavy atom. The molecule has 0 unspecified atom stereocenters. The van der Waals surface area contributed by atoms with E-state index < -0.39 is 22.3 Å². The predicted octanol–water partition coefficient (Wildman–Crippen LogP) is 2.25. The third-order valence-electron chi connectivity index (χ3n) is 2.00. The summed E-state index contributed by atoms with van der Waals surface area (Å²) in [5, 5.41) is 13.9. The number of carbonyl (C=O) groups is 1. The van der Waals surface area contributed by atoms with Crippen LogP contribution in [0.4, 0.5) is 10.1 Å².